The maximum atomic E-state index is 13.1. The van der Waals surface area contributed by atoms with E-state index in [0.29, 0.717) is 11.7 Å². The molecule has 1 aliphatic heterocycles. The van der Waals surface area contributed by atoms with Gasteiger partial charge in [-0.05, 0) is 51.6 Å². The number of likely N-dealkylation sites (tertiary alicyclic amines) is 1. The van der Waals surface area contributed by atoms with E-state index in [0.717, 1.165) is 25.9 Å². The molecular weight excluding hydrogens is 257 g/mol. The van der Waals surface area contributed by atoms with Gasteiger partial charge in [-0.3, -0.25) is 9.69 Å². The van der Waals surface area contributed by atoms with Gasteiger partial charge in [0, 0.05) is 18.3 Å². The molecule has 0 saturated carbocycles. The Morgan fingerprint density at radius 1 is 1.50 bits per heavy atom. The van der Waals surface area contributed by atoms with Crippen molar-refractivity contribution < 1.29 is 9.18 Å². The number of nitrogens with zero attached hydrogens (tertiary/aromatic N) is 1. The first-order valence-electron chi connectivity index (χ1n) is 7.08. The van der Waals surface area contributed by atoms with Crippen LogP contribution in [0.25, 0.3) is 0 Å². The number of halogens is 1. The zero-order valence-corrected chi connectivity index (χ0v) is 12.0. The molecule has 2 rings (SSSR count). The van der Waals surface area contributed by atoms with Gasteiger partial charge in [0.15, 0.2) is 0 Å². The van der Waals surface area contributed by atoms with Crippen molar-refractivity contribution in [2.45, 2.75) is 31.8 Å². The number of piperidine rings is 1. The molecule has 110 valence electrons. The molecule has 0 spiro atoms. The molecule has 2 unspecified atom stereocenters. The summed E-state index contributed by atoms with van der Waals surface area (Å²) in [6, 6.07) is 6.20. The number of hydrogen-bond acceptors (Lipinski definition) is 3. The Morgan fingerprint density at radius 2 is 2.30 bits per heavy atom. The lowest BCUT2D eigenvalue weighted by Crippen LogP contribution is -2.51. The molecule has 1 aromatic rings. The van der Waals surface area contributed by atoms with Crippen molar-refractivity contribution in [2.75, 3.05) is 25.5 Å². The van der Waals surface area contributed by atoms with Gasteiger partial charge in [0.05, 0.1) is 6.04 Å². The predicted molar refractivity (Wildman–Crippen MR) is 78.1 cm³/mol. The van der Waals surface area contributed by atoms with Crippen LogP contribution in [0.1, 0.15) is 19.8 Å². The van der Waals surface area contributed by atoms with Gasteiger partial charge >= 0.3 is 0 Å². The van der Waals surface area contributed by atoms with Gasteiger partial charge in [0.25, 0.3) is 0 Å². The number of rotatable bonds is 4. The van der Waals surface area contributed by atoms with Crippen LogP contribution in [0.5, 0.6) is 0 Å². The molecule has 2 atom stereocenters. The first-order valence-corrected chi connectivity index (χ1v) is 7.08. The number of hydrogen-bond donors (Lipinski definition) is 2. The Hall–Kier alpha value is -1.46. The van der Waals surface area contributed by atoms with Crippen molar-refractivity contribution in [1.82, 2.24) is 10.2 Å². The lowest BCUT2D eigenvalue weighted by Gasteiger charge is -2.35. The molecule has 4 nitrogen and oxygen atoms in total. The third-order valence-electron chi connectivity index (χ3n) is 3.88. The van der Waals surface area contributed by atoms with Crippen LogP contribution in [-0.4, -0.2) is 43.0 Å². The van der Waals surface area contributed by atoms with Crippen LogP contribution in [0, 0.1) is 5.82 Å². The molecule has 20 heavy (non-hydrogen) atoms. The Morgan fingerprint density at radius 3 is 3.00 bits per heavy atom. The van der Waals surface area contributed by atoms with Crippen LogP contribution in [0.3, 0.4) is 0 Å². The fraction of sp³-hybridized carbons (Fsp3) is 0.533. The van der Waals surface area contributed by atoms with E-state index in [1.807, 2.05) is 14.0 Å². The fourth-order valence-electron chi connectivity index (χ4n) is 2.57. The minimum absolute atomic E-state index is 0.0904. The number of likely N-dealkylation sites (N-methyl/N-ethyl adjacent to an activating group) is 1. The Bertz CT molecular complexity index is 466. The highest BCUT2D eigenvalue weighted by Gasteiger charge is 2.26. The summed E-state index contributed by atoms with van der Waals surface area (Å²) in [5.41, 5.74) is 0.504. The number of anilines is 1. The van der Waals surface area contributed by atoms with Gasteiger partial charge in [0.2, 0.25) is 5.91 Å². The summed E-state index contributed by atoms with van der Waals surface area (Å²) >= 11 is 0. The third-order valence-corrected chi connectivity index (χ3v) is 3.88. The average Bonchev–Trinajstić information content (AvgIpc) is 2.46. The summed E-state index contributed by atoms with van der Waals surface area (Å²) in [6.45, 7) is 3.69. The Labute approximate surface area is 119 Å². The topological polar surface area (TPSA) is 44.4 Å². The summed E-state index contributed by atoms with van der Waals surface area (Å²) in [4.78, 5) is 14.4. The highest BCUT2D eigenvalue weighted by Crippen LogP contribution is 2.15. The maximum Gasteiger partial charge on any atom is 0.241 e. The summed E-state index contributed by atoms with van der Waals surface area (Å²) in [5, 5.41) is 6.03. The van der Waals surface area contributed by atoms with Crippen molar-refractivity contribution in [3.8, 4) is 0 Å². The van der Waals surface area contributed by atoms with Gasteiger partial charge in [-0.2, -0.15) is 0 Å². The standard InChI is InChI=1S/C15H22FN3O/c1-11(19-8-4-7-14(10-19)17-2)15(20)18-13-6-3-5-12(16)9-13/h3,5-6,9,11,14,17H,4,7-8,10H2,1-2H3,(H,18,20). The maximum absolute atomic E-state index is 13.1. The molecule has 0 aliphatic carbocycles. The van der Waals surface area contributed by atoms with E-state index in [9.17, 15) is 9.18 Å². The normalized spacial score (nSPS) is 21.4. The zero-order chi connectivity index (χ0) is 14.5. The average molecular weight is 279 g/mol. The summed E-state index contributed by atoms with van der Waals surface area (Å²) in [6.07, 6.45) is 2.23. The van der Waals surface area contributed by atoms with Crippen LogP contribution in [0.4, 0.5) is 10.1 Å². The molecule has 5 heteroatoms. The summed E-state index contributed by atoms with van der Waals surface area (Å²) in [7, 11) is 1.95. The minimum Gasteiger partial charge on any atom is -0.325 e. The molecule has 2 N–H and O–H groups in total. The molecule has 0 bridgehead atoms. The van der Waals surface area contributed by atoms with Gasteiger partial charge in [-0.1, -0.05) is 6.07 Å². The smallest absolute Gasteiger partial charge is 0.241 e. The predicted octanol–water partition coefficient (Wildman–Crippen LogP) is 1.84. The molecule has 1 amide bonds. The SMILES string of the molecule is CNC1CCCN(C(C)C(=O)Nc2cccc(F)c2)C1. The number of carbonyl (C=O) groups excluding carboxylic acids is 1. The minimum atomic E-state index is -0.344. The molecule has 1 heterocycles. The van der Waals surface area contributed by atoms with Gasteiger partial charge in [0.1, 0.15) is 5.82 Å². The quantitative estimate of drug-likeness (QED) is 0.884. The van der Waals surface area contributed by atoms with Crippen molar-refractivity contribution >= 4 is 11.6 Å². The molecule has 1 saturated heterocycles. The fourth-order valence-corrected chi connectivity index (χ4v) is 2.57. The molecular formula is C15H22FN3O. The lowest BCUT2D eigenvalue weighted by molar-refractivity contribution is -0.121. The molecule has 1 aromatic carbocycles. The number of carbonyl (C=O) groups is 1. The van der Waals surface area contributed by atoms with Crippen molar-refractivity contribution in [1.29, 1.82) is 0 Å². The van der Waals surface area contributed by atoms with Crippen LogP contribution in [-0.2, 0) is 4.79 Å². The van der Waals surface area contributed by atoms with Crippen LogP contribution >= 0.6 is 0 Å². The van der Waals surface area contributed by atoms with E-state index in [-0.39, 0.29) is 17.8 Å². The van der Waals surface area contributed by atoms with Gasteiger partial charge in [-0.15, -0.1) is 0 Å². The van der Waals surface area contributed by atoms with E-state index >= 15 is 0 Å². The van der Waals surface area contributed by atoms with E-state index in [4.69, 9.17) is 0 Å². The van der Waals surface area contributed by atoms with E-state index in [1.54, 1.807) is 12.1 Å². The first-order chi connectivity index (χ1) is 9.60. The van der Waals surface area contributed by atoms with Crippen LogP contribution in [0.2, 0.25) is 0 Å². The second-order valence-electron chi connectivity index (χ2n) is 5.30. The highest BCUT2D eigenvalue weighted by atomic mass is 19.1. The number of amides is 1. The van der Waals surface area contributed by atoms with E-state index in [1.165, 1.54) is 12.1 Å². The van der Waals surface area contributed by atoms with Crippen molar-refractivity contribution in [3.63, 3.8) is 0 Å². The lowest BCUT2D eigenvalue weighted by atomic mass is 10.0. The molecule has 1 fully saturated rings. The van der Waals surface area contributed by atoms with Crippen molar-refractivity contribution in [2.24, 2.45) is 0 Å². The summed E-state index contributed by atoms with van der Waals surface area (Å²) in [5.74, 6) is -0.434. The monoisotopic (exact) mass is 279 g/mol. The van der Waals surface area contributed by atoms with E-state index < -0.39 is 0 Å². The number of nitrogens with one attached hydrogen (secondary N) is 2. The molecule has 0 radical (unpaired) electrons. The second-order valence-corrected chi connectivity index (χ2v) is 5.30. The van der Waals surface area contributed by atoms with Gasteiger partial charge in [-0.25, -0.2) is 4.39 Å². The third kappa shape index (κ3) is 3.77. The first kappa shape index (κ1) is 14.9. The highest BCUT2D eigenvalue weighted by molar-refractivity contribution is 5.94. The number of benzene rings is 1. The molecule has 1 aliphatic rings. The second kappa shape index (κ2) is 6.81. The summed E-state index contributed by atoms with van der Waals surface area (Å²) < 4.78 is 13.1. The van der Waals surface area contributed by atoms with Gasteiger partial charge < -0.3 is 10.6 Å². The molecule has 0 aromatic heterocycles. The van der Waals surface area contributed by atoms with Crippen LogP contribution in [0.15, 0.2) is 24.3 Å². The zero-order valence-electron chi connectivity index (χ0n) is 12.0. The van der Waals surface area contributed by atoms with Crippen molar-refractivity contribution in [3.05, 3.63) is 30.1 Å². The Kier molecular flexibility index (Phi) is 5.09. The Balaban J connectivity index is 1.94. The van der Waals surface area contributed by atoms with E-state index in [2.05, 4.69) is 15.5 Å². The van der Waals surface area contributed by atoms with Crippen LogP contribution < -0.4 is 10.6 Å². The largest absolute Gasteiger partial charge is 0.325 e.